The highest BCUT2D eigenvalue weighted by atomic mass is 31.2. The lowest BCUT2D eigenvalue weighted by molar-refractivity contribution is -0.0692. The maximum absolute atomic E-state index is 12.1. The molecule has 1 aliphatic rings. The molecule has 1 aliphatic heterocycles. The summed E-state index contributed by atoms with van der Waals surface area (Å²) < 4.78 is 24.1. The number of hydrogen-bond donors (Lipinski definition) is 5. The Labute approximate surface area is 162 Å². The van der Waals surface area contributed by atoms with Crippen molar-refractivity contribution >= 4 is 13.4 Å². The van der Waals surface area contributed by atoms with Gasteiger partial charge in [0.05, 0.1) is 11.7 Å². The van der Waals surface area contributed by atoms with E-state index in [1.807, 2.05) is 0 Å². The fourth-order valence-corrected chi connectivity index (χ4v) is 3.94. The molecule has 0 aromatic carbocycles. The van der Waals surface area contributed by atoms with Crippen molar-refractivity contribution in [2.45, 2.75) is 76.5 Å². The number of aryl methyl sites for hydroxylation is 1. The van der Waals surface area contributed by atoms with Gasteiger partial charge in [-0.25, -0.2) is 4.79 Å². The third-order valence-electron chi connectivity index (χ3n) is 4.99. The highest BCUT2D eigenvalue weighted by Gasteiger charge is 2.48. The summed E-state index contributed by atoms with van der Waals surface area (Å²) in [5.74, 6) is -1.54. The van der Waals surface area contributed by atoms with Crippen LogP contribution in [0.3, 0.4) is 0 Å². The highest BCUT2D eigenvalue weighted by molar-refractivity contribution is 7.53. The number of nitrogens with zero attached hydrogens (tertiary/aromatic N) is 2. The molecule has 1 aromatic rings. The first-order chi connectivity index (χ1) is 12.8. The Hall–Kier alpha value is -1.33. The third-order valence-corrected chi connectivity index (χ3v) is 6.64. The number of anilines is 1. The Bertz CT molecular complexity index is 816. The summed E-state index contributed by atoms with van der Waals surface area (Å²) in [6.07, 6.45) is -3.45. The largest absolute Gasteiger partial charge is 0.388 e. The van der Waals surface area contributed by atoms with Gasteiger partial charge in [0.25, 0.3) is 0 Å². The molecular weight excluding hydrogens is 393 g/mol. The lowest BCUT2D eigenvalue weighted by Crippen LogP contribution is -2.39. The van der Waals surface area contributed by atoms with Gasteiger partial charge in [-0.1, -0.05) is 6.92 Å². The molecule has 2 heterocycles. The van der Waals surface area contributed by atoms with E-state index in [9.17, 15) is 29.6 Å². The van der Waals surface area contributed by atoms with Gasteiger partial charge in [-0.2, -0.15) is 4.98 Å². The van der Waals surface area contributed by atoms with Gasteiger partial charge in [0.2, 0.25) is 0 Å². The molecule has 160 valence electrons. The molecule has 7 atom stereocenters. The second-order valence-electron chi connectivity index (χ2n) is 7.34. The maximum atomic E-state index is 12.1. The number of hydrogen-bond acceptors (Lipinski definition) is 9. The van der Waals surface area contributed by atoms with Crippen LogP contribution in [0.2, 0.25) is 0 Å². The quantitative estimate of drug-likeness (QED) is 0.372. The second-order valence-corrected chi connectivity index (χ2v) is 9.40. The summed E-state index contributed by atoms with van der Waals surface area (Å²) in [5.41, 5.74) is 4.11. The fraction of sp³-hybridized carbons (Fsp3) is 0.750. The molecule has 0 aliphatic carbocycles. The molecule has 11 nitrogen and oxygen atoms in total. The molecule has 0 saturated carbocycles. The van der Waals surface area contributed by atoms with Gasteiger partial charge < -0.3 is 35.2 Å². The van der Waals surface area contributed by atoms with E-state index in [1.54, 1.807) is 13.8 Å². The van der Waals surface area contributed by atoms with Crippen LogP contribution in [0, 0.1) is 6.92 Å². The normalized spacial score (nSPS) is 30.6. The van der Waals surface area contributed by atoms with Crippen LogP contribution in [0.4, 0.5) is 5.82 Å². The summed E-state index contributed by atoms with van der Waals surface area (Å²) in [6.45, 7) is 6.01. The molecule has 1 saturated heterocycles. The maximum Gasteiger partial charge on any atom is 0.356 e. The van der Waals surface area contributed by atoms with E-state index >= 15 is 0 Å². The van der Waals surface area contributed by atoms with Crippen molar-refractivity contribution in [1.29, 1.82) is 0 Å². The Morgan fingerprint density at radius 3 is 2.61 bits per heavy atom. The van der Waals surface area contributed by atoms with Gasteiger partial charge >= 0.3 is 13.3 Å². The summed E-state index contributed by atoms with van der Waals surface area (Å²) in [5, 5.41) is 30.2. The van der Waals surface area contributed by atoms with Crippen molar-refractivity contribution in [1.82, 2.24) is 9.55 Å². The van der Waals surface area contributed by atoms with Crippen LogP contribution in [0.25, 0.3) is 0 Å². The molecular formula is C16H28N3O8P. The standard InChI is InChI=1S/C16H28N3O8P/c1-5-16(4,27-28(24,25)9(3)20)6-10-11(21)12(22)14(26-10)19-7-8(2)13(17)18-15(19)23/h7,9-12,14,20-22H,5-6H2,1-4H3,(H,24,25)(H2,17,18,23)/t9?,10-,11-,12-,14-,16-/m1/s1. The molecule has 1 aromatic heterocycles. The number of aliphatic hydroxyl groups excluding tert-OH is 3. The van der Waals surface area contributed by atoms with Gasteiger partial charge in [-0.3, -0.25) is 9.13 Å². The van der Waals surface area contributed by atoms with Crippen molar-refractivity contribution in [3.05, 3.63) is 22.2 Å². The number of aliphatic hydroxyl groups is 3. The van der Waals surface area contributed by atoms with Gasteiger partial charge in [0, 0.05) is 18.2 Å². The number of rotatable bonds is 7. The van der Waals surface area contributed by atoms with Crippen molar-refractivity contribution in [3.63, 3.8) is 0 Å². The Balaban J connectivity index is 2.25. The molecule has 0 amide bonds. The monoisotopic (exact) mass is 421 g/mol. The minimum Gasteiger partial charge on any atom is -0.388 e. The van der Waals surface area contributed by atoms with Crippen molar-refractivity contribution in [3.8, 4) is 0 Å². The van der Waals surface area contributed by atoms with E-state index in [2.05, 4.69) is 4.98 Å². The fourth-order valence-electron chi connectivity index (χ4n) is 2.95. The summed E-state index contributed by atoms with van der Waals surface area (Å²) in [6, 6.07) is 0. The van der Waals surface area contributed by atoms with Gasteiger partial charge in [0.15, 0.2) is 12.1 Å². The molecule has 2 unspecified atom stereocenters. The van der Waals surface area contributed by atoms with Crippen LogP contribution in [-0.2, 0) is 13.8 Å². The van der Waals surface area contributed by atoms with Crippen LogP contribution in [-0.4, -0.2) is 59.5 Å². The zero-order valence-electron chi connectivity index (χ0n) is 16.2. The Kier molecular flexibility index (Phi) is 6.72. The molecule has 2 rings (SSSR count). The zero-order chi connectivity index (χ0) is 21.4. The summed E-state index contributed by atoms with van der Waals surface area (Å²) in [7, 11) is -4.31. The number of nitrogens with two attached hydrogens (primary N) is 1. The van der Waals surface area contributed by atoms with E-state index < -0.39 is 49.3 Å². The van der Waals surface area contributed by atoms with Crippen LogP contribution < -0.4 is 11.4 Å². The number of aromatic nitrogens is 2. The Morgan fingerprint density at radius 1 is 1.46 bits per heavy atom. The summed E-state index contributed by atoms with van der Waals surface area (Å²) >= 11 is 0. The first-order valence-electron chi connectivity index (χ1n) is 8.89. The van der Waals surface area contributed by atoms with Crippen molar-refractivity contribution < 1.29 is 34.0 Å². The van der Waals surface area contributed by atoms with E-state index in [0.717, 1.165) is 11.5 Å². The van der Waals surface area contributed by atoms with Crippen LogP contribution in [0.1, 0.15) is 45.4 Å². The van der Waals surface area contributed by atoms with Gasteiger partial charge in [-0.15, -0.1) is 0 Å². The van der Waals surface area contributed by atoms with E-state index in [0.29, 0.717) is 5.56 Å². The molecule has 12 heteroatoms. The highest BCUT2D eigenvalue weighted by Crippen LogP contribution is 2.52. The van der Waals surface area contributed by atoms with E-state index in [-0.39, 0.29) is 18.7 Å². The first kappa shape index (κ1) is 23.0. The molecule has 28 heavy (non-hydrogen) atoms. The van der Waals surface area contributed by atoms with Gasteiger partial charge in [-0.05, 0) is 27.2 Å². The van der Waals surface area contributed by atoms with Gasteiger partial charge in [0.1, 0.15) is 18.0 Å². The van der Waals surface area contributed by atoms with Crippen LogP contribution in [0.15, 0.2) is 11.0 Å². The molecule has 0 spiro atoms. The number of nitrogen functional groups attached to an aromatic ring is 1. The van der Waals surface area contributed by atoms with E-state index in [1.165, 1.54) is 13.1 Å². The molecule has 0 radical (unpaired) electrons. The zero-order valence-corrected chi connectivity index (χ0v) is 17.1. The minimum atomic E-state index is -4.31. The Morgan fingerprint density at radius 2 is 2.07 bits per heavy atom. The first-order valence-corrected chi connectivity index (χ1v) is 10.5. The molecule has 1 fully saturated rings. The van der Waals surface area contributed by atoms with Crippen molar-refractivity contribution in [2.75, 3.05) is 5.73 Å². The van der Waals surface area contributed by atoms with Crippen LogP contribution >= 0.6 is 7.60 Å². The topological polar surface area (TPSA) is 177 Å². The molecule has 0 bridgehead atoms. The number of ether oxygens (including phenoxy) is 1. The van der Waals surface area contributed by atoms with Crippen LogP contribution in [0.5, 0.6) is 0 Å². The van der Waals surface area contributed by atoms with Crippen molar-refractivity contribution in [2.24, 2.45) is 0 Å². The predicted octanol–water partition coefficient (Wildman–Crippen LogP) is -0.148. The SMILES string of the molecule is CC[C@](C)(C[C@H]1O[C@@H](n2cc(C)c(N)nc2=O)[C@H](O)[C@@H]1O)OP(=O)(O)C(C)O. The minimum absolute atomic E-state index is 0.0506. The smallest absolute Gasteiger partial charge is 0.356 e. The third kappa shape index (κ3) is 4.62. The summed E-state index contributed by atoms with van der Waals surface area (Å²) in [4.78, 5) is 25.6. The predicted molar refractivity (Wildman–Crippen MR) is 99.5 cm³/mol. The van der Waals surface area contributed by atoms with E-state index in [4.69, 9.17) is 15.0 Å². The lowest BCUT2D eigenvalue weighted by atomic mass is 9.93. The average molecular weight is 421 g/mol. The lowest BCUT2D eigenvalue weighted by Gasteiger charge is -2.34. The average Bonchev–Trinajstić information content (AvgIpc) is 2.85. The molecule has 6 N–H and O–H groups in total. The second kappa shape index (κ2) is 8.19.